The maximum absolute atomic E-state index is 13.8. The molecular formula is C23H17F3N6O2. The lowest BCUT2D eigenvalue weighted by molar-refractivity contribution is -0.136. The molecule has 1 aliphatic heterocycles. The number of imide groups is 1. The van der Waals surface area contributed by atoms with Crippen molar-refractivity contribution in [1.29, 1.82) is 0 Å². The molecule has 172 valence electrons. The van der Waals surface area contributed by atoms with Crippen LogP contribution in [0.5, 0.6) is 0 Å². The Morgan fingerprint density at radius 2 is 1.91 bits per heavy atom. The second-order valence-corrected chi connectivity index (χ2v) is 8.56. The van der Waals surface area contributed by atoms with Crippen molar-refractivity contribution >= 4 is 28.5 Å². The fourth-order valence-electron chi connectivity index (χ4n) is 4.73. The Kier molecular flexibility index (Phi) is 4.38. The Morgan fingerprint density at radius 3 is 2.71 bits per heavy atom. The molecule has 2 N–H and O–H groups in total. The van der Waals surface area contributed by atoms with E-state index in [0.29, 0.717) is 28.7 Å². The fourth-order valence-corrected chi connectivity index (χ4v) is 4.73. The van der Waals surface area contributed by atoms with Crippen LogP contribution in [-0.2, 0) is 11.0 Å². The van der Waals surface area contributed by atoms with E-state index in [4.69, 9.17) is 0 Å². The van der Waals surface area contributed by atoms with Crippen molar-refractivity contribution in [3.05, 3.63) is 71.3 Å². The highest BCUT2D eigenvalue weighted by molar-refractivity contribution is 6.00. The van der Waals surface area contributed by atoms with Crippen molar-refractivity contribution in [2.24, 2.45) is 0 Å². The summed E-state index contributed by atoms with van der Waals surface area (Å²) in [5, 5.41) is 9.74. The Hall–Kier alpha value is -4.02. The highest BCUT2D eigenvalue weighted by atomic mass is 19.4. The molecule has 1 saturated heterocycles. The molecule has 1 aromatic carbocycles. The smallest absolute Gasteiger partial charge is 0.337 e. The third-order valence-electron chi connectivity index (χ3n) is 6.43. The molecule has 11 heteroatoms. The standard InChI is InChI=1S/C23H17F3N6O2/c24-23(25,26)17-7-12(6-11-2-1-3-27-19(11)17)13-8-14(13)15-9-18(31-32-5-4-28-20(15)32)16-10-29-22(34)30-21(16)33/h1-7,9,13-14,16H,8,10H2,(H2,29,30,33,34)/t13-,14+,16?/m1/s1. The Bertz CT molecular complexity index is 1480. The van der Waals surface area contributed by atoms with Gasteiger partial charge in [0.05, 0.1) is 22.7 Å². The maximum atomic E-state index is 13.8. The number of aromatic nitrogens is 4. The molecule has 1 saturated carbocycles. The van der Waals surface area contributed by atoms with Gasteiger partial charge in [0.1, 0.15) is 0 Å². The Morgan fingerprint density at radius 1 is 1.06 bits per heavy atom. The van der Waals surface area contributed by atoms with Crippen LogP contribution in [0, 0.1) is 0 Å². The molecule has 2 fully saturated rings. The van der Waals surface area contributed by atoms with Crippen LogP contribution in [0.1, 0.15) is 46.6 Å². The Balaban J connectivity index is 1.40. The minimum absolute atomic E-state index is 0.0665. The molecule has 0 bridgehead atoms. The summed E-state index contributed by atoms with van der Waals surface area (Å²) < 4.78 is 42.9. The number of benzene rings is 1. The largest absolute Gasteiger partial charge is 0.418 e. The molecule has 6 rings (SSSR count). The first kappa shape index (κ1) is 20.6. The minimum Gasteiger partial charge on any atom is -0.337 e. The molecule has 1 unspecified atom stereocenters. The number of carbonyl (C=O) groups excluding carboxylic acids is 2. The van der Waals surface area contributed by atoms with Crippen LogP contribution in [-0.4, -0.2) is 38.1 Å². The zero-order valence-corrected chi connectivity index (χ0v) is 17.5. The predicted octanol–water partition coefficient (Wildman–Crippen LogP) is 3.49. The lowest BCUT2D eigenvalue weighted by Crippen LogP contribution is -2.51. The normalized spacial score (nSPS) is 22.6. The van der Waals surface area contributed by atoms with Crippen LogP contribution < -0.4 is 10.6 Å². The Labute approximate surface area is 190 Å². The van der Waals surface area contributed by atoms with Gasteiger partial charge in [-0.25, -0.2) is 14.3 Å². The highest BCUT2D eigenvalue weighted by Gasteiger charge is 2.44. The molecule has 3 aromatic heterocycles. The van der Waals surface area contributed by atoms with Crippen LogP contribution in [0.25, 0.3) is 16.6 Å². The molecule has 2 aliphatic rings. The number of hydrogen-bond donors (Lipinski definition) is 2. The number of imidazole rings is 1. The summed E-state index contributed by atoms with van der Waals surface area (Å²) in [5.74, 6) is -1.35. The van der Waals surface area contributed by atoms with Crippen molar-refractivity contribution in [3.8, 4) is 0 Å². The molecule has 3 amide bonds. The number of carbonyl (C=O) groups is 2. The monoisotopic (exact) mass is 466 g/mol. The summed E-state index contributed by atoms with van der Waals surface area (Å²) >= 11 is 0. The van der Waals surface area contributed by atoms with E-state index in [0.717, 1.165) is 5.56 Å². The molecule has 8 nitrogen and oxygen atoms in total. The van der Waals surface area contributed by atoms with Crippen molar-refractivity contribution in [3.63, 3.8) is 0 Å². The second kappa shape index (κ2) is 7.24. The lowest BCUT2D eigenvalue weighted by atomic mass is 9.97. The van der Waals surface area contributed by atoms with Gasteiger partial charge in [-0.1, -0.05) is 6.07 Å². The van der Waals surface area contributed by atoms with Crippen LogP contribution in [0.15, 0.2) is 48.9 Å². The van der Waals surface area contributed by atoms with Crippen LogP contribution in [0.4, 0.5) is 18.0 Å². The van der Waals surface area contributed by atoms with Crippen molar-refractivity contribution < 1.29 is 22.8 Å². The summed E-state index contributed by atoms with van der Waals surface area (Å²) in [6, 6.07) is 7.42. The predicted molar refractivity (Wildman–Crippen MR) is 114 cm³/mol. The van der Waals surface area contributed by atoms with Gasteiger partial charge in [0.15, 0.2) is 5.65 Å². The number of halogens is 3. The highest BCUT2D eigenvalue weighted by Crippen LogP contribution is 2.56. The van der Waals surface area contributed by atoms with E-state index in [1.54, 1.807) is 41.2 Å². The van der Waals surface area contributed by atoms with Crippen molar-refractivity contribution in [2.45, 2.75) is 30.4 Å². The lowest BCUT2D eigenvalue weighted by Gasteiger charge is -2.22. The van der Waals surface area contributed by atoms with Gasteiger partial charge in [0, 0.05) is 36.1 Å². The molecule has 4 heterocycles. The quantitative estimate of drug-likeness (QED) is 0.481. The van der Waals surface area contributed by atoms with Gasteiger partial charge in [-0.05, 0) is 48.1 Å². The summed E-state index contributed by atoms with van der Waals surface area (Å²) in [6.07, 6.45) is 0.713. The molecule has 0 spiro atoms. The third kappa shape index (κ3) is 3.35. The number of fused-ring (bicyclic) bond motifs is 2. The number of pyridine rings is 1. The average Bonchev–Trinajstić information content (AvgIpc) is 3.45. The van der Waals surface area contributed by atoms with Gasteiger partial charge in [0.25, 0.3) is 0 Å². The van der Waals surface area contributed by atoms with Gasteiger partial charge in [-0.15, -0.1) is 0 Å². The number of urea groups is 1. The first-order chi connectivity index (χ1) is 16.3. The third-order valence-corrected chi connectivity index (χ3v) is 6.43. The van der Waals surface area contributed by atoms with E-state index in [2.05, 4.69) is 25.7 Å². The number of alkyl halides is 3. The molecule has 1 aliphatic carbocycles. The molecule has 3 atom stereocenters. The number of rotatable bonds is 3. The first-order valence-corrected chi connectivity index (χ1v) is 10.7. The van der Waals surface area contributed by atoms with Gasteiger partial charge >= 0.3 is 12.2 Å². The van der Waals surface area contributed by atoms with E-state index >= 15 is 0 Å². The molecular weight excluding hydrogens is 449 g/mol. The van der Waals surface area contributed by atoms with Crippen molar-refractivity contribution in [1.82, 2.24) is 30.2 Å². The zero-order valence-electron chi connectivity index (χ0n) is 17.5. The fraction of sp³-hybridized carbons (Fsp3) is 0.261. The first-order valence-electron chi connectivity index (χ1n) is 10.7. The summed E-state index contributed by atoms with van der Waals surface area (Å²) in [7, 11) is 0. The van der Waals surface area contributed by atoms with E-state index in [1.807, 2.05) is 0 Å². The van der Waals surface area contributed by atoms with Gasteiger partial charge < -0.3 is 5.32 Å². The van der Waals surface area contributed by atoms with E-state index < -0.39 is 29.6 Å². The topological polar surface area (TPSA) is 101 Å². The zero-order chi connectivity index (χ0) is 23.6. The number of amides is 3. The van der Waals surface area contributed by atoms with E-state index in [9.17, 15) is 22.8 Å². The second-order valence-electron chi connectivity index (χ2n) is 8.56. The number of nitrogens with one attached hydrogen (secondary N) is 2. The summed E-state index contributed by atoms with van der Waals surface area (Å²) in [6.45, 7) is 0.109. The molecule has 0 radical (unpaired) electrons. The van der Waals surface area contributed by atoms with Crippen LogP contribution >= 0.6 is 0 Å². The van der Waals surface area contributed by atoms with Crippen molar-refractivity contribution in [2.75, 3.05) is 6.54 Å². The number of nitrogens with zero attached hydrogens (tertiary/aromatic N) is 4. The average molecular weight is 466 g/mol. The van der Waals surface area contributed by atoms with E-state index in [-0.39, 0.29) is 23.9 Å². The van der Waals surface area contributed by atoms with Crippen LogP contribution in [0.2, 0.25) is 0 Å². The van der Waals surface area contributed by atoms with E-state index in [1.165, 1.54) is 12.3 Å². The van der Waals surface area contributed by atoms with Gasteiger partial charge in [0.2, 0.25) is 5.91 Å². The van der Waals surface area contributed by atoms with Crippen LogP contribution in [0.3, 0.4) is 0 Å². The van der Waals surface area contributed by atoms with Gasteiger partial charge in [-0.3, -0.25) is 15.1 Å². The SMILES string of the molecule is O=C1NCC(c2cc([C@H]3C[C@@H]3c3cc(C(F)(F)F)c4ncccc4c3)c3nccn3n2)C(=O)N1. The number of hydrogen-bond acceptors (Lipinski definition) is 5. The molecule has 4 aromatic rings. The summed E-state index contributed by atoms with van der Waals surface area (Å²) in [5.41, 5.74) is 1.64. The maximum Gasteiger partial charge on any atom is 0.418 e. The minimum atomic E-state index is -4.52. The summed E-state index contributed by atoms with van der Waals surface area (Å²) in [4.78, 5) is 32.1. The van der Waals surface area contributed by atoms with Gasteiger partial charge in [-0.2, -0.15) is 18.3 Å². The molecule has 34 heavy (non-hydrogen) atoms.